The van der Waals surface area contributed by atoms with E-state index in [-0.39, 0.29) is 19.1 Å². The van der Waals surface area contributed by atoms with Gasteiger partial charge in [0.1, 0.15) is 0 Å². The Morgan fingerprint density at radius 3 is 2.53 bits per heavy atom. The lowest BCUT2D eigenvalue weighted by atomic mass is 9.95. The van der Waals surface area contributed by atoms with Crippen LogP contribution in [0.2, 0.25) is 0 Å². The number of aliphatic hydroxyl groups is 1. The van der Waals surface area contributed by atoms with Gasteiger partial charge in [0, 0.05) is 7.11 Å². The van der Waals surface area contributed by atoms with Gasteiger partial charge in [-0.2, -0.15) is 0 Å². The molecule has 0 saturated carbocycles. The standard InChI is InChI=1S/C13H27NO5/c1-10(8-18-2)19-9-12(15)7-11(13(16)17)5-3-4-6-14/h10-12,15H,3-9,14H2,1-2H3,(H,16,17). The molecule has 114 valence electrons. The lowest BCUT2D eigenvalue weighted by Crippen LogP contribution is -2.27. The molecule has 0 aliphatic heterocycles. The minimum absolute atomic E-state index is 0.111. The molecule has 0 aliphatic carbocycles. The molecule has 0 rings (SSSR count). The summed E-state index contributed by atoms with van der Waals surface area (Å²) in [5.74, 6) is -1.41. The van der Waals surface area contributed by atoms with E-state index < -0.39 is 18.0 Å². The van der Waals surface area contributed by atoms with Crippen LogP contribution in [-0.4, -0.2) is 55.3 Å². The highest BCUT2D eigenvalue weighted by Gasteiger charge is 2.21. The molecule has 0 fully saturated rings. The zero-order chi connectivity index (χ0) is 14.7. The number of hydrogen-bond acceptors (Lipinski definition) is 5. The molecule has 3 unspecified atom stereocenters. The molecule has 3 atom stereocenters. The van der Waals surface area contributed by atoms with Crippen molar-refractivity contribution in [2.24, 2.45) is 11.7 Å². The van der Waals surface area contributed by atoms with Crippen LogP contribution in [-0.2, 0) is 14.3 Å². The molecule has 0 radical (unpaired) electrons. The van der Waals surface area contributed by atoms with E-state index in [4.69, 9.17) is 20.3 Å². The van der Waals surface area contributed by atoms with Crippen LogP contribution in [0.5, 0.6) is 0 Å². The van der Waals surface area contributed by atoms with E-state index >= 15 is 0 Å². The van der Waals surface area contributed by atoms with Crippen molar-refractivity contribution in [2.75, 3.05) is 26.9 Å². The Labute approximate surface area is 114 Å². The Morgan fingerprint density at radius 1 is 1.32 bits per heavy atom. The number of rotatable bonds is 12. The molecule has 0 aromatic rings. The molecule has 6 heteroatoms. The van der Waals surface area contributed by atoms with Crippen molar-refractivity contribution < 1.29 is 24.5 Å². The lowest BCUT2D eigenvalue weighted by molar-refractivity contribution is -0.143. The van der Waals surface area contributed by atoms with Gasteiger partial charge in [-0.1, -0.05) is 6.42 Å². The molecular weight excluding hydrogens is 250 g/mol. The third-order valence-electron chi connectivity index (χ3n) is 2.89. The van der Waals surface area contributed by atoms with Gasteiger partial charge in [0.05, 0.1) is 31.3 Å². The van der Waals surface area contributed by atoms with Crippen molar-refractivity contribution in [2.45, 2.75) is 44.8 Å². The second kappa shape index (κ2) is 11.2. The molecule has 0 saturated heterocycles. The predicted octanol–water partition coefficient (Wildman–Crippen LogP) is 0.619. The summed E-state index contributed by atoms with van der Waals surface area (Å²) in [6, 6.07) is 0. The van der Waals surface area contributed by atoms with Gasteiger partial charge in [-0.3, -0.25) is 4.79 Å². The van der Waals surface area contributed by atoms with Gasteiger partial charge < -0.3 is 25.4 Å². The number of ether oxygens (including phenoxy) is 2. The lowest BCUT2D eigenvalue weighted by Gasteiger charge is -2.19. The maximum atomic E-state index is 11.1. The van der Waals surface area contributed by atoms with E-state index in [1.165, 1.54) is 0 Å². The maximum Gasteiger partial charge on any atom is 0.306 e. The van der Waals surface area contributed by atoms with Crippen molar-refractivity contribution in [3.63, 3.8) is 0 Å². The van der Waals surface area contributed by atoms with E-state index in [2.05, 4.69) is 0 Å². The van der Waals surface area contributed by atoms with Crippen LogP contribution in [0.1, 0.15) is 32.6 Å². The van der Waals surface area contributed by atoms with E-state index in [1.807, 2.05) is 6.92 Å². The highest BCUT2D eigenvalue weighted by atomic mass is 16.5. The van der Waals surface area contributed by atoms with Gasteiger partial charge >= 0.3 is 5.97 Å². The Bertz CT molecular complexity index is 237. The van der Waals surface area contributed by atoms with Crippen LogP contribution in [0.4, 0.5) is 0 Å². The molecule has 0 amide bonds. The Morgan fingerprint density at radius 2 is 2.00 bits per heavy atom. The largest absolute Gasteiger partial charge is 0.481 e. The van der Waals surface area contributed by atoms with Gasteiger partial charge in [0.2, 0.25) is 0 Å². The summed E-state index contributed by atoms with van der Waals surface area (Å²) in [7, 11) is 1.58. The van der Waals surface area contributed by atoms with Crippen molar-refractivity contribution in [1.29, 1.82) is 0 Å². The average Bonchev–Trinajstić information content (AvgIpc) is 2.35. The fraction of sp³-hybridized carbons (Fsp3) is 0.923. The summed E-state index contributed by atoms with van der Waals surface area (Å²) in [5, 5.41) is 18.9. The van der Waals surface area contributed by atoms with Gasteiger partial charge in [-0.05, 0) is 32.7 Å². The number of nitrogens with two attached hydrogens (primary N) is 1. The first-order chi connectivity index (χ1) is 9.01. The molecule has 6 nitrogen and oxygen atoms in total. The van der Waals surface area contributed by atoms with Crippen LogP contribution in [0.3, 0.4) is 0 Å². The molecule has 0 aliphatic rings. The summed E-state index contributed by atoms with van der Waals surface area (Å²) in [4.78, 5) is 11.1. The fourth-order valence-corrected chi connectivity index (χ4v) is 1.83. The van der Waals surface area contributed by atoms with E-state index in [0.717, 1.165) is 12.8 Å². The van der Waals surface area contributed by atoms with E-state index in [0.29, 0.717) is 19.6 Å². The average molecular weight is 277 g/mol. The quantitative estimate of drug-likeness (QED) is 0.452. The normalized spacial score (nSPS) is 16.0. The Kier molecular flexibility index (Phi) is 10.8. The Hall–Kier alpha value is -0.690. The smallest absolute Gasteiger partial charge is 0.306 e. The van der Waals surface area contributed by atoms with Crippen molar-refractivity contribution >= 4 is 5.97 Å². The minimum atomic E-state index is -0.874. The summed E-state index contributed by atoms with van der Waals surface area (Å²) in [6.45, 7) is 2.98. The van der Waals surface area contributed by atoms with Crippen molar-refractivity contribution in [1.82, 2.24) is 0 Å². The molecule has 19 heavy (non-hydrogen) atoms. The molecule has 0 aromatic carbocycles. The van der Waals surface area contributed by atoms with Gasteiger partial charge in [-0.15, -0.1) is 0 Å². The number of unbranched alkanes of at least 4 members (excludes halogenated alkanes) is 1. The maximum absolute atomic E-state index is 11.1. The van der Waals surface area contributed by atoms with Crippen LogP contribution in [0.15, 0.2) is 0 Å². The number of methoxy groups -OCH3 is 1. The Balaban J connectivity index is 3.95. The van der Waals surface area contributed by atoms with E-state index in [1.54, 1.807) is 7.11 Å². The molecule has 0 aromatic heterocycles. The molecule has 0 spiro atoms. The van der Waals surface area contributed by atoms with Crippen LogP contribution < -0.4 is 5.73 Å². The van der Waals surface area contributed by atoms with Gasteiger partial charge in [-0.25, -0.2) is 0 Å². The third-order valence-corrected chi connectivity index (χ3v) is 2.89. The predicted molar refractivity (Wildman–Crippen MR) is 71.9 cm³/mol. The summed E-state index contributed by atoms with van der Waals surface area (Å²) < 4.78 is 10.3. The van der Waals surface area contributed by atoms with Crippen LogP contribution >= 0.6 is 0 Å². The second-order valence-electron chi connectivity index (χ2n) is 4.81. The first-order valence-electron chi connectivity index (χ1n) is 6.72. The number of carboxylic acid groups (broad SMARTS) is 1. The first-order valence-corrected chi connectivity index (χ1v) is 6.72. The third kappa shape index (κ3) is 9.84. The minimum Gasteiger partial charge on any atom is -0.481 e. The number of hydrogen-bond donors (Lipinski definition) is 3. The summed E-state index contributed by atoms with van der Waals surface area (Å²) in [6.07, 6.45) is 1.44. The fourth-order valence-electron chi connectivity index (χ4n) is 1.83. The zero-order valence-corrected chi connectivity index (χ0v) is 11.9. The van der Waals surface area contributed by atoms with Crippen LogP contribution in [0.25, 0.3) is 0 Å². The molecular formula is C13H27NO5. The molecule has 0 heterocycles. The second-order valence-corrected chi connectivity index (χ2v) is 4.81. The van der Waals surface area contributed by atoms with Crippen molar-refractivity contribution in [3.8, 4) is 0 Å². The monoisotopic (exact) mass is 277 g/mol. The van der Waals surface area contributed by atoms with Crippen molar-refractivity contribution in [3.05, 3.63) is 0 Å². The van der Waals surface area contributed by atoms with Gasteiger partial charge in [0.15, 0.2) is 0 Å². The number of carbonyl (C=O) groups is 1. The number of carboxylic acids is 1. The zero-order valence-electron chi connectivity index (χ0n) is 11.9. The van der Waals surface area contributed by atoms with Gasteiger partial charge in [0.25, 0.3) is 0 Å². The first kappa shape index (κ1) is 18.3. The molecule has 4 N–H and O–H groups in total. The summed E-state index contributed by atoms with van der Waals surface area (Å²) in [5.41, 5.74) is 5.37. The topological polar surface area (TPSA) is 102 Å². The summed E-state index contributed by atoms with van der Waals surface area (Å²) >= 11 is 0. The van der Waals surface area contributed by atoms with E-state index in [9.17, 15) is 9.90 Å². The highest BCUT2D eigenvalue weighted by molar-refractivity contribution is 5.69. The SMILES string of the molecule is COCC(C)OCC(O)CC(CCCCN)C(=O)O. The number of aliphatic carboxylic acids is 1. The van der Waals surface area contributed by atoms with Crippen LogP contribution in [0, 0.1) is 5.92 Å². The number of aliphatic hydroxyl groups excluding tert-OH is 1. The highest BCUT2D eigenvalue weighted by Crippen LogP contribution is 2.16. The molecule has 0 bridgehead atoms.